The smallest absolute Gasteiger partial charge is 0.136 e. The number of para-hydroxylation sites is 1. The van der Waals surface area contributed by atoms with Crippen LogP contribution in [0.1, 0.15) is 11.1 Å². The van der Waals surface area contributed by atoms with Crippen LogP contribution in [0.25, 0.3) is 109 Å². The van der Waals surface area contributed by atoms with E-state index in [0.29, 0.717) is 0 Å². The number of rotatable bonds is 5. The molecular formula is C57H36O. The summed E-state index contributed by atoms with van der Waals surface area (Å²) >= 11 is 0. The van der Waals surface area contributed by atoms with Gasteiger partial charge in [0.1, 0.15) is 11.2 Å². The second kappa shape index (κ2) is 13.0. The highest BCUT2D eigenvalue weighted by atomic mass is 16.3. The number of hydrogen-bond acceptors (Lipinski definition) is 1. The van der Waals surface area contributed by atoms with Crippen molar-refractivity contribution in [1.29, 1.82) is 0 Å². The average Bonchev–Trinajstić information content (AvgIpc) is 3.67. The Labute approximate surface area is 336 Å². The molecule has 12 aromatic rings. The molecule has 58 heavy (non-hydrogen) atoms. The van der Waals surface area contributed by atoms with Gasteiger partial charge < -0.3 is 4.42 Å². The SMILES string of the molecule is c1ccc(-c2cc3ccccc3c3ccccc23)c(Cc2c3ccccc3c(-c3cc(-c4cccc5ccccc45)cc4oc5ccccc5c34)c3ccccc23)c1. The lowest BCUT2D eigenvalue weighted by atomic mass is 9.83. The molecule has 0 spiro atoms. The van der Waals surface area contributed by atoms with E-state index in [4.69, 9.17) is 4.42 Å². The summed E-state index contributed by atoms with van der Waals surface area (Å²) in [5, 5.41) is 14.9. The molecule has 12 rings (SSSR count). The summed E-state index contributed by atoms with van der Waals surface area (Å²) in [5.74, 6) is 0. The summed E-state index contributed by atoms with van der Waals surface area (Å²) in [4.78, 5) is 0. The Morgan fingerprint density at radius 2 is 0.862 bits per heavy atom. The molecule has 1 nitrogen and oxygen atoms in total. The summed E-state index contributed by atoms with van der Waals surface area (Å²) < 4.78 is 6.73. The minimum Gasteiger partial charge on any atom is -0.456 e. The molecule has 11 aromatic carbocycles. The third kappa shape index (κ3) is 5.03. The molecule has 0 radical (unpaired) electrons. The van der Waals surface area contributed by atoms with Gasteiger partial charge >= 0.3 is 0 Å². The van der Waals surface area contributed by atoms with Gasteiger partial charge in [0.05, 0.1) is 0 Å². The summed E-state index contributed by atoms with van der Waals surface area (Å²) in [6.07, 6.45) is 0.790. The van der Waals surface area contributed by atoms with E-state index in [1.165, 1.54) is 92.8 Å². The van der Waals surface area contributed by atoms with Crippen LogP contribution in [0.3, 0.4) is 0 Å². The number of fused-ring (bicyclic) bond motifs is 9. The first-order chi connectivity index (χ1) is 28.8. The zero-order chi connectivity index (χ0) is 38.2. The molecule has 0 unspecified atom stereocenters. The highest BCUT2D eigenvalue weighted by Gasteiger charge is 2.22. The van der Waals surface area contributed by atoms with E-state index in [0.717, 1.165) is 33.9 Å². The number of hydrogen-bond donors (Lipinski definition) is 0. The molecule has 0 bridgehead atoms. The van der Waals surface area contributed by atoms with Crippen LogP contribution in [-0.4, -0.2) is 0 Å². The van der Waals surface area contributed by atoms with Gasteiger partial charge in [-0.15, -0.1) is 0 Å². The molecular weight excluding hydrogens is 701 g/mol. The highest BCUT2D eigenvalue weighted by molar-refractivity contribution is 6.23. The largest absolute Gasteiger partial charge is 0.456 e. The van der Waals surface area contributed by atoms with Crippen molar-refractivity contribution in [3.05, 3.63) is 217 Å². The molecule has 0 saturated heterocycles. The third-order valence-electron chi connectivity index (χ3n) is 12.3. The van der Waals surface area contributed by atoms with Gasteiger partial charge in [-0.25, -0.2) is 0 Å². The molecule has 1 heteroatoms. The van der Waals surface area contributed by atoms with Crippen molar-refractivity contribution in [3.8, 4) is 33.4 Å². The topological polar surface area (TPSA) is 13.1 Å². The second-order valence-corrected chi connectivity index (χ2v) is 15.5. The standard InChI is InChI=1S/C57H36O/c1-4-20-40-36(16-1)19-15-30-43(40)39-34-53(57-50-29-13-14-31-54(50)58-55(57)35-39)56-48-27-11-9-25-46(48)52(47-26-10-12-28-49(47)56)33-38-18-3-6-22-42(38)51-32-37-17-2-5-21-41(37)44-23-7-8-24-45(44)51/h1-32,34-35H,33H2. The molecule has 1 aromatic heterocycles. The van der Waals surface area contributed by atoms with Gasteiger partial charge in [-0.2, -0.15) is 0 Å². The van der Waals surface area contributed by atoms with Gasteiger partial charge in [0.15, 0.2) is 0 Å². The Morgan fingerprint density at radius 3 is 1.64 bits per heavy atom. The van der Waals surface area contributed by atoms with Crippen LogP contribution in [0.15, 0.2) is 211 Å². The molecule has 0 aliphatic rings. The average molecular weight is 737 g/mol. The van der Waals surface area contributed by atoms with Crippen LogP contribution in [0, 0.1) is 0 Å². The Balaban J connectivity index is 1.13. The van der Waals surface area contributed by atoms with Crippen LogP contribution in [-0.2, 0) is 6.42 Å². The fourth-order valence-electron chi connectivity index (χ4n) is 9.79. The van der Waals surface area contributed by atoms with Gasteiger partial charge in [-0.1, -0.05) is 182 Å². The van der Waals surface area contributed by atoms with E-state index >= 15 is 0 Å². The van der Waals surface area contributed by atoms with Crippen LogP contribution >= 0.6 is 0 Å². The minimum atomic E-state index is 0.790. The highest BCUT2D eigenvalue weighted by Crippen LogP contribution is 2.47. The summed E-state index contributed by atoms with van der Waals surface area (Å²) in [7, 11) is 0. The molecule has 1 heterocycles. The van der Waals surface area contributed by atoms with E-state index in [-0.39, 0.29) is 0 Å². The minimum absolute atomic E-state index is 0.790. The molecule has 0 saturated carbocycles. The van der Waals surface area contributed by atoms with Crippen molar-refractivity contribution in [2.75, 3.05) is 0 Å². The lowest BCUT2D eigenvalue weighted by molar-refractivity contribution is 0.669. The Kier molecular flexibility index (Phi) is 7.36. The fraction of sp³-hybridized carbons (Fsp3) is 0.0175. The van der Waals surface area contributed by atoms with E-state index in [1.54, 1.807) is 0 Å². The Hall–Kier alpha value is -7.48. The first kappa shape index (κ1) is 32.7. The van der Waals surface area contributed by atoms with Crippen LogP contribution in [0.5, 0.6) is 0 Å². The molecule has 0 N–H and O–H groups in total. The van der Waals surface area contributed by atoms with Gasteiger partial charge in [0.2, 0.25) is 0 Å². The zero-order valence-electron chi connectivity index (χ0n) is 31.7. The van der Waals surface area contributed by atoms with E-state index in [2.05, 4.69) is 206 Å². The van der Waals surface area contributed by atoms with Crippen molar-refractivity contribution in [2.45, 2.75) is 6.42 Å². The predicted octanol–water partition coefficient (Wildman–Crippen LogP) is 15.9. The van der Waals surface area contributed by atoms with Crippen molar-refractivity contribution in [2.24, 2.45) is 0 Å². The molecule has 0 aliphatic carbocycles. The Bertz CT molecular complexity index is 3540. The van der Waals surface area contributed by atoms with Crippen molar-refractivity contribution < 1.29 is 4.42 Å². The summed E-state index contributed by atoms with van der Waals surface area (Å²) in [6, 6.07) is 75.5. The zero-order valence-corrected chi connectivity index (χ0v) is 31.7. The van der Waals surface area contributed by atoms with E-state index in [9.17, 15) is 0 Å². The van der Waals surface area contributed by atoms with Crippen LogP contribution in [0.2, 0.25) is 0 Å². The van der Waals surface area contributed by atoms with Crippen molar-refractivity contribution in [3.63, 3.8) is 0 Å². The van der Waals surface area contributed by atoms with Crippen LogP contribution in [0.4, 0.5) is 0 Å². The first-order valence-corrected chi connectivity index (χ1v) is 20.1. The third-order valence-corrected chi connectivity index (χ3v) is 12.3. The molecule has 0 atom stereocenters. The number of furan rings is 1. The Morgan fingerprint density at radius 1 is 0.310 bits per heavy atom. The molecule has 270 valence electrons. The maximum absolute atomic E-state index is 6.73. The first-order valence-electron chi connectivity index (χ1n) is 20.1. The van der Waals surface area contributed by atoms with Gasteiger partial charge in [0, 0.05) is 10.8 Å². The predicted molar refractivity (Wildman–Crippen MR) is 247 cm³/mol. The normalized spacial score (nSPS) is 11.9. The molecule has 0 amide bonds. The molecule has 0 aliphatic heterocycles. The second-order valence-electron chi connectivity index (χ2n) is 15.5. The number of benzene rings is 11. The maximum Gasteiger partial charge on any atom is 0.136 e. The van der Waals surface area contributed by atoms with Crippen molar-refractivity contribution >= 4 is 75.8 Å². The van der Waals surface area contributed by atoms with Crippen LogP contribution < -0.4 is 0 Å². The van der Waals surface area contributed by atoms with E-state index in [1.807, 2.05) is 0 Å². The van der Waals surface area contributed by atoms with Gasteiger partial charge in [-0.3, -0.25) is 0 Å². The van der Waals surface area contributed by atoms with Gasteiger partial charge in [-0.05, 0) is 129 Å². The van der Waals surface area contributed by atoms with Gasteiger partial charge in [0.25, 0.3) is 0 Å². The summed E-state index contributed by atoms with van der Waals surface area (Å²) in [5.41, 5.74) is 11.8. The fourth-order valence-corrected chi connectivity index (χ4v) is 9.79. The lowest BCUT2D eigenvalue weighted by Gasteiger charge is -2.20. The van der Waals surface area contributed by atoms with E-state index < -0.39 is 0 Å². The molecule has 0 fully saturated rings. The quantitative estimate of drug-likeness (QED) is 0.127. The van der Waals surface area contributed by atoms with Crippen molar-refractivity contribution in [1.82, 2.24) is 0 Å². The lowest BCUT2D eigenvalue weighted by Crippen LogP contribution is -1.98. The summed E-state index contributed by atoms with van der Waals surface area (Å²) in [6.45, 7) is 0. The maximum atomic E-state index is 6.73. The monoisotopic (exact) mass is 736 g/mol.